The first-order valence-corrected chi connectivity index (χ1v) is 9.40. The highest BCUT2D eigenvalue weighted by Gasteiger charge is 2.26. The molecule has 0 unspecified atom stereocenters. The van der Waals surface area contributed by atoms with Crippen molar-refractivity contribution in [2.24, 2.45) is 0 Å². The minimum absolute atomic E-state index is 0.0860. The first-order chi connectivity index (χ1) is 13.9. The van der Waals surface area contributed by atoms with Gasteiger partial charge in [-0.25, -0.2) is 0 Å². The third-order valence-electron chi connectivity index (χ3n) is 4.95. The summed E-state index contributed by atoms with van der Waals surface area (Å²) < 4.78 is 15.9. The molecule has 1 atom stereocenters. The normalized spacial score (nSPS) is 15.7. The van der Waals surface area contributed by atoms with Gasteiger partial charge >= 0.3 is 0 Å². The zero-order valence-electron chi connectivity index (χ0n) is 17.1. The van der Waals surface area contributed by atoms with Crippen molar-refractivity contribution in [2.45, 2.75) is 13.0 Å². The number of amides is 2. The molecule has 1 aromatic carbocycles. The SMILES string of the molecule is COc1ccc(OC)c(-c2cc(C(=O)N[C@H](C)C(=O)N3CCN(C)CC3)no2)c1. The lowest BCUT2D eigenvalue weighted by molar-refractivity contribution is -0.134. The summed E-state index contributed by atoms with van der Waals surface area (Å²) in [4.78, 5) is 29.0. The molecule has 2 amide bonds. The number of nitrogens with zero attached hydrogens (tertiary/aromatic N) is 3. The standard InChI is InChI=1S/C20H26N4O5/c1-13(20(26)24-9-7-23(2)8-10-24)21-19(25)16-12-18(29-22-16)15-11-14(27-3)5-6-17(15)28-4/h5-6,11-13H,7-10H2,1-4H3,(H,21,25)/t13-/m1/s1. The molecule has 2 aromatic rings. The molecule has 1 fully saturated rings. The number of aromatic nitrogens is 1. The van der Waals surface area contributed by atoms with Gasteiger partial charge in [0, 0.05) is 32.2 Å². The largest absolute Gasteiger partial charge is 0.497 e. The number of ether oxygens (including phenoxy) is 2. The van der Waals surface area contributed by atoms with Crippen LogP contribution in [0.5, 0.6) is 11.5 Å². The third-order valence-corrected chi connectivity index (χ3v) is 4.95. The third kappa shape index (κ3) is 4.68. The monoisotopic (exact) mass is 402 g/mol. The average molecular weight is 402 g/mol. The maximum absolute atomic E-state index is 12.6. The minimum atomic E-state index is -0.655. The van der Waals surface area contributed by atoms with Crippen LogP contribution in [0.4, 0.5) is 0 Å². The van der Waals surface area contributed by atoms with Gasteiger partial charge in [0.15, 0.2) is 11.5 Å². The summed E-state index contributed by atoms with van der Waals surface area (Å²) in [6, 6.07) is 6.10. The Morgan fingerprint density at radius 3 is 2.52 bits per heavy atom. The first-order valence-electron chi connectivity index (χ1n) is 9.40. The number of methoxy groups -OCH3 is 2. The van der Waals surface area contributed by atoms with Crippen molar-refractivity contribution >= 4 is 11.8 Å². The van der Waals surface area contributed by atoms with Gasteiger partial charge in [0.1, 0.15) is 17.5 Å². The lowest BCUT2D eigenvalue weighted by atomic mass is 10.1. The second kappa shape index (κ2) is 8.95. The highest BCUT2D eigenvalue weighted by atomic mass is 16.5. The summed E-state index contributed by atoms with van der Waals surface area (Å²) in [5, 5.41) is 6.54. The Labute approximate surface area is 169 Å². The Hall–Kier alpha value is -3.07. The van der Waals surface area contributed by atoms with E-state index < -0.39 is 11.9 Å². The quantitative estimate of drug-likeness (QED) is 0.777. The molecule has 9 heteroatoms. The fourth-order valence-electron chi connectivity index (χ4n) is 3.15. The molecule has 1 saturated heterocycles. The zero-order valence-corrected chi connectivity index (χ0v) is 17.1. The molecule has 1 aliphatic rings. The first kappa shape index (κ1) is 20.7. The van der Waals surface area contributed by atoms with E-state index in [1.165, 1.54) is 6.07 Å². The maximum atomic E-state index is 12.6. The van der Waals surface area contributed by atoms with Crippen molar-refractivity contribution in [3.8, 4) is 22.8 Å². The molecule has 2 heterocycles. The number of nitrogens with one attached hydrogen (secondary N) is 1. The Morgan fingerprint density at radius 2 is 1.86 bits per heavy atom. The maximum Gasteiger partial charge on any atom is 0.274 e. The number of likely N-dealkylation sites (N-methyl/N-ethyl adjacent to an activating group) is 1. The zero-order chi connectivity index (χ0) is 21.0. The number of hydrogen-bond donors (Lipinski definition) is 1. The number of rotatable bonds is 6. The van der Waals surface area contributed by atoms with Crippen molar-refractivity contribution in [3.05, 3.63) is 30.0 Å². The number of carbonyl (C=O) groups excluding carboxylic acids is 2. The summed E-state index contributed by atoms with van der Waals surface area (Å²) in [7, 11) is 5.12. The molecule has 156 valence electrons. The van der Waals surface area contributed by atoms with Gasteiger partial charge in [-0.15, -0.1) is 0 Å². The van der Waals surface area contributed by atoms with Gasteiger partial charge < -0.3 is 29.1 Å². The topological polar surface area (TPSA) is 97.1 Å². The average Bonchev–Trinajstić information content (AvgIpc) is 3.23. The fraction of sp³-hybridized carbons (Fsp3) is 0.450. The summed E-state index contributed by atoms with van der Waals surface area (Å²) in [6.45, 7) is 4.62. The van der Waals surface area contributed by atoms with Crippen LogP contribution in [0.2, 0.25) is 0 Å². The molecule has 0 bridgehead atoms. The predicted octanol–water partition coefficient (Wildman–Crippen LogP) is 1.25. The van der Waals surface area contributed by atoms with Gasteiger partial charge in [-0.1, -0.05) is 5.16 Å². The van der Waals surface area contributed by atoms with E-state index in [9.17, 15) is 9.59 Å². The van der Waals surface area contributed by atoms with Crippen LogP contribution in [0.25, 0.3) is 11.3 Å². The Balaban J connectivity index is 1.69. The lowest BCUT2D eigenvalue weighted by Gasteiger charge is -2.34. The van der Waals surface area contributed by atoms with Gasteiger partial charge in [-0.3, -0.25) is 9.59 Å². The summed E-state index contributed by atoms with van der Waals surface area (Å²) >= 11 is 0. The molecule has 1 N–H and O–H groups in total. The second-order valence-corrected chi connectivity index (χ2v) is 6.97. The molecule has 1 aliphatic heterocycles. The van der Waals surface area contributed by atoms with Crippen molar-refractivity contribution in [3.63, 3.8) is 0 Å². The summed E-state index contributed by atoms with van der Waals surface area (Å²) in [5.41, 5.74) is 0.697. The molecule has 0 radical (unpaired) electrons. The van der Waals surface area contributed by atoms with Crippen LogP contribution in [0.1, 0.15) is 17.4 Å². The molecule has 29 heavy (non-hydrogen) atoms. The van der Waals surface area contributed by atoms with Crippen LogP contribution < -0.4 is 14.8 Å². The number of hydrogen-bond acceptors (Lipinski definition) is 7. The molecular weight excluding hydrogens is 376 g/mol. The summed E-state index contributed by atoms with van der Waals surface area (Å²) in [5.74, 6) is 0.965. The molecule has 0 spiro atoms. The van der Waals surface area contributed by atoms with Gasteiger partial charge in [0.2, 0.25) is 5.91 Å². The molecular formula is C20H26N4O5. The molecule has 9 nitrogen and oxygen atoms in total. The van der Waals surface area contributed by atoms with Crippen LogP contribution in [-0.2, 0) is 4.79 Å². The van der Waals surface area contributed by atoms with Crippen molar-refractivity contribution < 1.29 is 23.6 Å². The van der Waals surface area contributed by atoms with E-state index >= 15 is 0 Å². The lowest BCUT2D eigenvalue weighted by Crippen LogP contribution is -2.53. The van der Waals surface area contributed by atoms with Crippen molar-refractivity contribution in [1.29, 1.82) is 0 Å². The van der Waals surface area contributed by atoms with Gasteiger partial charge in [-0.2, -0.15) is 0 Å². The van der Waals surface area contributed by atoms with Crippen LogP contribution in [-0.4, -0.2) is 80.3 Å². The van der Waals surface area contributed by atoms with E-state index in [2.05, 4.69) is 15.4 Å². The highest BCUT2D eigenvalue weighted by Crippen LogP contribution is 2.33. The Bertz CT molecular complexity index is 874. The van der Waals surface area contributed by atoms with E-state index in [1.54, 1.807) is 44.2 Å². The fourth-order valence-corrected chi connectivity index (χ4v) is 3.15. The molecule has 0 aliphatic carbocycles. The Kier molecular flexibility index (Phi) is 6.38. The van der Waals surface area contributed by atoms with Gasteiger partial charge in [0.25, 0.3) is 5.91 Å². The second-order valence-electron chi connectivity index (χ2n) is 6.97. The highest BCUT2D eigenvalue weighted by molar-refractivity contribution is 5.96. The molecule has 0 saturated carbocycles. The van der Waals surface area contributed by atoms with E-state index in [0.717, 1.165) is 13.1 Å². The van der Waals surface area contributed by atoms with Crippen LogP contribution >= 0.6 is 0 Å². The van der Waals surface area contributed by atoms with Gasteiger partial charge in [0.05, 0.1) is 19.8 Å². The van der Waals surface area contributed by atoms with Crippen LogP contribution in [0.15, 0.2) is 28.8 Å². The molecule has 3 rings (SSSR count). The predicted molar refractivity (Wildman–Crippen MR) is 106 cm³/mol. The van der Waals surface area contributed by atoms with Crippen LogP contribution in [0, 0.1) is 0 Å². The van der Waals surface area contributed by atoms with E-state index in [4.69, 9.17) is 14.0 Å². The minimum Gasteiger partial charge on any atom is -0.497 e. The Morgan fingerprint density at radius 1 is 1.14 bits per heavy atom. The molecule has 1 aromatic heterocycles. The number of piperazine rings is 1. The van der Waals surface area contributed by atoms with Gasteiger partial charge in [-0.05, 0) is 32.2 Å². The van der Waals surface area contributed by atoms with E-state index in [-0.39, 0.29) is 11.6 Å². The van der Waals surface area contributed by atoms with Crippen molar-refractivity contribution in [1.82, 2.24) is 20.3 Å². The summed E-state index contributed by atoms with van der Waals surface area (Å²) in [6.07, 6.45) is 0. The number of carbonyl (C=O) groups is 2. The van der Waals surface area contributed by atoms with E-state index in [0.29, 0.717) is 35.9 Å². The smallest absolute Gasteiger partial charge is 0.274 e. The van der Waals surface area contributed by atoms with Crippen molar-refractivity contribution in [2.75, 3.05) is 47.4 Å². The van der Waals surface area contributed by atoms with Crippen LogP contribution in [0.3, 0.4) is 0 Å². The van der Waals surface area contributed by atoms with E-state index in [1.807, 2.05) is 7.05 Å². The number of benzene rings is 1.